The number of carbonyl (C=O) groups is 2. The van der Waals surface area contributed by atoms with E-state index in [0.29, 0.717) is 16.1 Å². The zero-order valence-electron chi connectivity index (χ0n) is 11.3. The highest BCUT2D eigenvalue weighted by atomic mass is 35.5. The van der Waals surface area contributed by atoms with Crippen LogP contribution in [0.2, 0.25) is 5.02 Å². The van der Waals surface area contributed by atoms with Crippen LogP contribution >= 0.6 is 23.4 Å². The maximum Gasteiger partial charge on any atom is 0.307 e. The van der Waals surface area contributed by atoms with Crippen LogP contribution in [0.15, 0.2) is 52.3 Å². The highest BCUT2D eigenvalue weighted by Gasteiger charge is 2.11. The van der Waals surface area contributed by atoms with E-state index in [1.54, 1.807) is 30.3 Å². The van der Waals surface area contributed by atoms with E-state index >= 15 is 0 Å². The molecule has 0 amide bonds. The Labute approximate surface area is 131 Å². The quantitative estimate of drug-likeness (QED) is 0.833. The molecule has 0 atom stereocenters. The Morgan fingerprint density at radius 3 is 2.38 bits per heavy atom. The number of Topliss-reactive ketones (excluding diaryl/α,β-unsaturated/α-hetero) is 1. The monoisotopic (exact) mass is 320 g/mol. The van der Waals surface area contributed by atoms with Gasteiger partial charge in [0, 0.05) is 20.4 Å². The third-order valence-electron chi connectivity index (χ3n) is 2.82. The molecule has 3 nitrogen and oxygen atoms in total. The van der Waals surface area contributed by atoms with Gasteiger partial charge in [-0.25, -0.2) is 0 Å². The van der Waals surface area contributed by atoms with Crippen LogP contribution in [0.1, 0.15) is 22.8 Å². The normalized spacial score (nSPS) is 10.4. The zero-order chi connectivity index (χ0) is 15.4. The summed E-state index contributed by atoms with van der Waals surface area (Å²) >= 11 is 7.27. The van der Waals surface area contributed by atoms with Crippen molar-refractivity contribution < 1.29 is 14.7 Å². The highest BCUT2D eigenvalue weighted by Crippen LogP contribution is 2.32. The Morgan fingerprint density at radius 2 is 1.81 bits per heavy atom. The number of hydrogen-bond acceptors (Lipinski definition) is 3. The second kappa shape index (κ2) is 6.78. The molecular weight excluding hydrogens is 308 g/mol. The molecule has 2 aromatic rings. The Bertz CT molecular complexity index is 680. The molecule has 2 rings (SSSR count). The number of carboxylic acid groups (broad SMARTS) is 1. The lowest BCUT2D eigenvalue weighted by atomic mass is 10.1. The number of aliphatic carboxylic acids is 1. The molecule has 0 aliphatic rings. The van der Waals surface area contributed by atoms with Crippen molar-refractivity contribution in [3.8, 4) is 0 Å². The summed E-state index contributed by atoms with van der Waals surface area (Å²) < 4.78 is 0. The summed E-state index contributed by atoms with van der Waals surface area (Å²) in [5.74, 6) is -0.943. The third-order valence-corrected chi connectivity index (χ3v) is 4.14. The van der Waals surface area contributed by atoms with Crippen LogP contribution in [0, 0.1) is 0 Å². The van der Waals surface area contributed by atoms with Crippen molar-refractivity contribution in [2.24, 2.45) is 0 Å². The minimum atomic E-state index is -0.895. The first-order valence-corrected chi connectivity index (χ1v) is 7.44. The molecule has 0 fully saturated rings. The number of halogens is 1. The molecular formula is C16H13ClO3S. The average Bonchev–Trinajstić information content (AvgIpc) is 2.40. The lowest BCUT2D eigenvalue weighted by molar-refractivity contribution is -0.136. The van der Waals surface area contributed by atoms with Crippen molar-refractivity contribution >= 4 is 35.1 Å². The van der Waals surface area contributed by atoms with Crippen LogP contribution in [0.25, 0.3) is 0 Å². The zero-order valence-corrected chi connectivity index (χ0v) is 12.9. The van der Waals surface area contributed by atoms with Gasteiger partial charge in [-0.05, 0) is 48.9 Å². The van der Waals surface area contributed by atoms with Crippen molar-refractivity contribution in [2.75, 3.05) is 0 Å². The molecule has 0 spiro atoms. The minimum Gasteiger partial charge on any atom is -0.481 e. The number of benzene rings is 2. The van der Waals surface area contributed by atoms with Gasteiger partial charge in [0.25, 0.3) is 0 Å². The summed E-state index contributed by atoms with van der Waals surface area (Å²) in [4.78, 5) is 24.2. The van der Waals surface area contributed by atoms with Gasteiger partial charge in [0.1, 0.15) is 0 Å². The Balaban J connectivity index is 2.35. The van der Waals surface area contributed by atoms with Crippen LogP contribution in [-0.4, -0.2) is 16.9 Å². The molecule has 1 N–H and O–H groups in total. The Kier molecular flexibility index (Phi) is 5.04. The van der Waals surface area contributed by atoms with Gasteiger partial charge in [-0.3, -0.25) is 9.59 Å². The fourth-order valence-electron chi connectivity index (χ4n) is 1.86. The molecule has 0 saturated carbocycles. The molecule has 0 unspecified atom stereocenters. The maximum atomic E-state index is 11.7. The van der Waals surface area contributed by atoms with E-state index in [2.05, 4.69) is 0 Å². The van der Waals surface area contributed by atoms with Gasteiger partial charge in [-0.1, -0.05) is 29.4 Å². The predicted molar refractivity (Wildman–Crippen MR) is 83.4 cm³/mol. The van der Waals surface area contributed by atoms with E-state index in [-0.39, 0.29) is 12.2 Å². The standard InChI is InChI=1S/C16H13ClO3S/c1-10(18)14-7-2-11(9-16(19)20)8-15(14)21-13-5-3-12(17)4-6-13/h2-8H,9H2,1H3,(H,19,20). The summed E-state index contributed by atoms with van der Waals surface area (Å²) in [5, 5.41) is 9.51. The highest BCUT2D eigenvalue weighted by molar-refractivity contribution is 7.99. The number of ketones is 1. The molecule has 108 valence electrons. The van der Waals surface area contributed by atoms with Crippen LogP contribution in [0.4, 0.5) is 0 Å². The van der Waals surface area contributed by atoms with Crippen molar-refractivity contribution in [3.63, 3.8) is 0 Å². The van der Waals surface area contributed by atoms with Crippen molar-refractivity contribution in [3.05, 3.63) is 58.6 Å². The van der Waals surface area contributed by atoms with Crippen LogP contribution in [-0.2, 0) is 11.2 Å². The van der Waals surface area contributed by atoms with Gasteiger partial charge in [0.05, 0.1) is 6.42 Å². The van der Waals surface area contributed by atoms with E-state index in [0.717, 1.165) is 9.79 Å². The van der Waals surface area contributed by atoms with Crippen LogP contribution < -0.4 is 0 Å². The maximum absolute atomic E-state index is 11.7. The van der Waals surface area contributed by atoms with Gasteiger partial charge >= 0.3 is 5.97 Å². The van der Waals surface area contributed by atoms with Crippen LogP contribution in [0.5, 0.6) is 0 Å². The molecule has 2 aromatic carbocycles. The van der Waals surface area contributed by atoms with Crippen molar-refractivity contribution in [2.45, 2.75) is 23.1 Å². The molecule has 0 saturated heterocycles. The molecule has 0 bridgehead atoms. The van der Waals surface area contributed by atoms with E-state index < -0.39 is 5.97 Å². The van der Waals surface area contributed by atoms with Crippen molar-refractivity contribution in [1.82, 2.24) is 0 Å². The molecule has 0 aliphatic heterocycles. The molecule has 0 aliphatic carbocycles. The predicted octanol–water partition coefficient (Wildman–Crippen LogP) is 4.32. The second-order valence-corrected chi connectivity index (χ2v) is 6.06. The van der Waals surface area contributed by atoms with Crippen LogP contribution in [0.3, 0.4) is 0 Å². The Morgan fingerprint density at radius 1 is 1.14 bits per heavy atom. The topological polar surface area (TPSA) is 54.4 Å². The fraction of sp³-hybridized carbons (Fsp3) is 0.125. The third kappa shape index (κ3) is 4.34. The number of carboxylic acids is 1. The number of rotatable bonds is 5. The molecule has 0 aromatic heterocycles. The summed E-state index contributed by atoms with van der Waals surface area (Å²) in [7, 11) is 0. The summed E-state index contributed by atoms with van der Waals surface area (Å²) in [6.45, 7) is 1.50. The van der Waals surface area contributed by atoms with Gasteiger partial charge in [0.2, 0.25) is 0 Å². The fourth-order valence-corrected chi connectivity index (χ4v) is 3.04. The SMILES string of the molecule is CC(=O)c1ccc(CC(=O)O)cc1Sc1ccc(Cl)cc1. The lowest BCUT2D eigenvalue weighted by Gasteiger charge is -2.09. The van der Waals surface area contributed by atoms with Gasteiger partial charge < -0.3 is 5.11 Å². The number of hydrogen-bond donors (Lipinski definition) is 1. The van der Waals surface area contributed by atoms with E-state index in [1.165, 1.54) is 18.7 Å². The van der Waals surface area contributed by atoms with E-state index in [4.69, 9.17) is 16.7 Å². The first-order valence-electron chi connectivity index (χ1n) is 6.25. The molecule has 0 radical (unpaired) electrons. The largest absolute Gasteiger partial charge is 0.481 e. The number of carbonyl (C=O) groups excluding carboxylic acids is 1. The van der Waals surface area contributed by atoms with E-state index in [9.17, 15) is 9.59 Å². The van der Waals surface area contributed by atoms with E-state index in [1.807, 2.05) is 12.1 Å². The smallest absolute Gasteiger partial charge is 0.307 e. The summed E-state index contributed by atoms with van der Waals surface area (Å²) in [6.07, 6.45) is -0.0631. The molecule has 21 heavy (non-hydrogen) atoms. The van der Waals surface area contributed by atoms with Crippen molar-refractivity contribution in [1.29, 1.82) is 0 Å². The first kappa shape index (κ1) is 15.6. The summed E-state index contributed by atoms with van der Waals surface area (Å²) in [5.41, 5.74) is 1.26. The van der Waals surface area contributed by atoms with Gasteiger partial charge in [0.15, 0.2) is 5.78 Å². The molecule has 5 heteroatoms. The minimum absolute atomic E-state index is 0.0478. The summed E-state index contributed by atoms with van der Waals surface area (Å²) in [6, 6.07) is 12.4. The lowest BCUT2D eigenvalue weighted by Crippen LogP contribution is -2.02. The average molecular weight is 321 g/mol. The Hall–Kier alpha value is -1.78. The van der Waals surface area contributed by atoms with Gasteiger partial charge in [-0.2, -0.15) is 0 Å². The second-order valence-electron chi connectivity index (χ2n) is 4.51. The molecule has 0 heterocycles. The van der Waals surface area contributed by atoms with Gasteiger partial charge in [-0.15, -0.1) is 0 Å². The first-order chi connectivity index (χ1) is 9.95.